The number of hydrogen-bond acceptors (Lipinski definition) is 5. The number of primary amides is 1. The molecule has 1 aromatic heterocycles. The van der Waals surface area contributed by atoms with E-state index in [4.69, 9.17) is 10.7 Å². The Bertz CT molecular complexity index is 903. The lowest BCUT2D eigenvalue weighted by Crippen LogP contribution is -2.35. The van der Waals surface area contributed by atoms with Gasteiger partial charge in [-0.15, -0.1) is 0 Å². The van der Waals surface area contributed by atoms with E-state index in [0.717, 1.165) is 53.4 Å². The molecule has 2 amide bonds. The summed E-state index contributed by atoms with van der Waals surface area (Å²) in [6.07, 6.45) is 2.17. The molecule has 7 heteroatoms. The van der Waals surface area contributed by atoms with Crippen LogP contribution >= 0.6 is 0 Å². The predicted octanol–water partition coefficient (Wildman–Crippen LogP) is 3.50. The van der Waals surface area contributed by atoms with Gasteiger partial charge in [0, 0.05) is 25.3 Å². The summed E-state index contributed by atoms with van der Waals surface area (Å²) in [6, 6.07) is 12.0. The first-order chi connectivity index (χ1) is 14.8. The van der Waals surface area contributed by atoms with E-state index in [0.29, 0.717) is 6.54 Å². The first-order valence-corrected chi connectivity index (χ1v) is 11.0. The highest BCUT2D eigenvalue weighted by Gasteiger charge is 2.22. The van der Waals surface area contributed by atoms with Crippen LogP contribution in [0, 0.1) is 18.8 Å². The molecule has 2 heterocycles. The summed E-state index contributed by atoms with van der Waals surface area (Å²) in [5.41, 5.74) is 8.85. The smallest absolute Gasteiger partial charge is 0.229 e. The van der Waals surface area contributed by atoms with Gasteiger partial charge in [0.1, 0.15) is 12.2 Å². The van der Waals surface area contributed by atoms with Crippen molar-refractivity contribution in [3.05, 3.63) is 47.7 Å². The number of benzene rings is 1. The van der Waals surface area contributed by atoms with Gasteiger partial charge >= 0.3 is 0 Å². The average Bonchev–Trinajstić information content (AvgIpc) is 2.74. The summed E-state index contributed by atoms with van der Waals surface area (Å²) >= 11 is 0. The summed E-state index contributed by atoms with van der Waals surface area (Å²) in [5.74, 6) is 1.61. The minimum atomic E-state index is -0.632. The molecule has 0 aliphatic carbocycles. The zero-order chi connectivity index (χ0) is 22.4. The molecule has 1 saturated heterocycles. The van der Waals surface area contributed by atoms with Crippen LogP contribution in [-0.2, 0) is 16.1 Å². The van der Waals surface area contributed by atoms with E-state index >= 15 is 0 Å². The van der Waals surface area contributed by atoms with E-state index in [2.05, 4.69) is 41.5 Å². The lowest BCUT2D eigenvalue weighted by molar-refractivity contribution is -0.127. The average molecular weight is 424 g/mol. The van der Waals surface area contributed by atoms with E-state index in [9.17, 15) is 9.59 Å². The second-order valence-electron chi connectivity index (χ2n) is 8.61. The van der Waals surface area contributed by atoms with Gasteiger partial charge in [-0.1, -0.05) is 26.0 Å². The molecule has 1 fully saturated rings. The first kappa shape index (κ1) is 22.6. The Hall–Kier alpha value is -3.09. The van der Waals surface area contributed by atoms with Gasteiger partial charge in [0.05, 0.1) is 11.4 Å². The molecule has 0 atom stereocenters. The van der Waals surface area contributed by atoms with Crippen LogP contribution in [0.2, 0.25) is 0 Å². The molecular formula is C24H33N5O2. The SMILES string of the molecule is Cc1nc(N2CCC(C(C)C)CC2)ccc1Nc1ccc(CNC(=O)CC(N)=O)cc1. The molecule has 3 rings (SSSR count). The molecule has 0 spiro atoms. The molecule has 0 unspecified atom stereocenters. The van der Waals surface area contributed by atoms with Crippen LogP contribution in [0.5, 0.6) is 0 Å². The van der Waals surface area contributed by atoms with Crippen LogP contribution in [0.25, 0.3) is 0 Å². The number of rotatable bonds is 8. The fraction of sp³-hybridized carbons (Fsp3) is 0.458. The highest BCUT2D eigenvalue weighted by atomic mass is 16.2. The summed E-state index contributed by atoms with van der Waals surface area (Å²) in [4.78, 5) is 29.5. The Morgan fingerprint density at radius 1 is 1.13 bits per heavy atom. The van der Waals surface area contributed by atoms with E-state index in [1.54, 1.807) is 0 Å². The van der Waals surface area contributed by atoms with Crippen molar-refractivity contribution >= 4 is 29.0 Å². The summed E-state index contributed by atoms with van der Waals surface area (Å²) in [6.45, 7) is 9.15. The van der Waals surface area contributed by atoms with Crippen LogP contribution in [-0.4, -0.2) is 29.9 Å². The molecule has 4 N–H and O–H groups in total. The van der Waals surface area contributed by atoms with Crippen molar-refractivity contribution in [3.63, 3.8) is 0 Å². The van der Waals surface area contributed by atoms with Crippen LogP contribution in [0.4, 0.5) is 17.2 Å². The molecule has 0 radical (unpaired) electrons. The van der Waals surface area contributed by atoms with Gasteiger partial charge in [-0.25, -0.2) is 4.98 Å². The molecule has 0 saturated carbocycles. The van der Waals surface area contributed by atoms with Gasteiger partial charge < -0.3 is 21.3 Å². The van der Waals surface area contributed by atoms with Crippen LogP contribution in [0.3, 0.4) is 0 Å². The van der Waals surface area contributed by atoms with Crippen molar-refractivity contribution < 1.29 is 9.59 Å². The number of amides is 2. The molecule has 31 heavy (non-hydrogen) atoms. The lowest BCUT2D eigenvalue weighted by Gasteiger charge is -2.34. The third kappa shape index (κ3) is 6.44. The third-order valence-electron chi connectivity index (χ3n) is 5.93. The highest BCUT2D eigenvalue weighted by Crippen LogP contribution is 2.28. The molecule has 1 aromatic carbocycles. The predicted molar refractivity (Wildman–Crippen MR) is 124 cm³/mol. The maximum atomic E-state index is 11.5. The molecule has 166 valence electrons. The summed E-state index contributed by atoms with van der Waals surface area (Å²) < 4.78 is 0. The van der Waals surface area contributed by atoms with Gasteiger partial charge in [-0.2, -0.15) is 0 Å². The lowest BCUT2D eigenvalue weighted by atomic mass is 9.87. The Balaban J connectivity index is 1.55. The standard InChI is InChI=1S/C24H33N5O2/c1-16(2)19-10-12-29(13-11-19)23-9-8-21(17(3)27-23)28-20-6-4-18(5-7-20)15-26-24(31)14-22(25)30/h4-9,16,19,28H,10-15H2,1-3H3,(H2,25,30)(H,26,31). The number of aromatic nitrogens is 1. The fourth-order valence-electron chi connectivity index (χ4n) is 3.93. The number of nitrogens with two attached hydrogens (primary N) is 1. The number of carbonyl (C=O) groups is 2. The van der Waals surface area contributed by atoms with Crippen molar-refractivity contribution in [1.82, 2.24) is 10.3 Å². The van der Waals surface area contributed by atoms with Gasteiger partial charge in [0.15, 0.2) is 0 Å². The molecule has 1 aliphatic rings. The zero-order valence-corrected chi connectivity index (χ0v) is 18.6. The second kappa shape index (κ2) is 10.3. The van der Waals surface area contributed by atoms with Crippen molar-refractivity contribution in [1.29, 1.82) is 0 Å². The van der Waals surface area contributed by atoms with Crippen LogP contribution in [0.15, 0.2) is 36.4 Å². The number of aryl methyl sites for hydroxylation is 1. The largest absolute Gasteiger partial charge is 0.369 e. The highest BCUT2D eigenvalue weighted by molar-refractivity contribution is 5.95. The zero-order valence-electron chi connectivity index (χ0n) is 18.6. The maximum absolute atomic E-state index is 11.5. The molecule has 2 aromatic rings. The van der Waals surface area contributed by atoms with E-state index in [1.807, 2.05) is 31.2 Å². The van der Waals surface area contributed by atoms with E-state index in [-0.39, 0.29) is 12.3 Å². The fourth-order valence-corrected chi connectivity index (χ4v) is 3.93. The number of nitrogens with zero attached hydrogens (tertiary/aromatic N) is 2. The molecular weight excluding hydrogens is 390 g/mol. The Morgan fingerprint density at radius 2 is 1.81 bits per heavy atom. The van der Waals surface area contributed by atoms with Crippen LogP contribution in [0.1, 0.15) is 44.4 Å². The van der Waals surface area contributed by atoms with Crippen LogP contribution < -0.4 is 21.3 Å². The van der Waals surface area contributed by atoms with Crippen molar-refractivity contribution in [2.75, 3.05) is 23.3 Å². The van der Waals surface area contributed by atoms with Crippen molar-refractivity contribution in [3.8, 4) is 0 Å². The van der Waals surface area contributed by atoms with Gasteiger partial charge in [-0.05, 0) is 61.4 Å². The number of nitrogens with one attached hydrogen (secondary N) is 2. The van der Waals surface area contributed by atoms with Gasteiger partial charge in [-0.3, -0.25) is 9.59 Å². The number of pyridine rings is 1. The number of hydrogen-bond donors (Lipinski definition) is 3. The monoisotopic (exact) mass is 423 g/mol. The first-order valence-electron chi connectivity index (χ1n) is 11.0. The molecule has 1 aliphatic heterocycles. The Kier molecular flexibility index (Phi) is 7.50. The summed E-state index contributed by atoms with van der Waals surface area (Å²) in [5, 5.41) is 6.09. The minimum Gasteiger partial charge on any atom is -0.369 e. The number of piperidine rings is 1. The summed E-state index contributed by atoms with van der Waals surface area (Å²) in [7, 11) is 0. The normalized spacial score (nSPS) is 14.5. The van der Waals surface area contributed by atoms with Gasteiger partial charge in [0.25, 0.3) is 0 Å². The van der Waals surface area contributed by atoms with E-state index < -0.39 is 5.91 Å². The minimum absolute atomic E-state index is 0.294. The van der Waals surface area contributed by atoms with E-state index in [1.165, 1.54) is 12.8 Å². The third-order valence-corrected chi connectivity index (χ3v) is 5.93. The quantitative estimate of drug-likeness (QED) is 0.564. The molecule has 7 nitrogen and oxygen atoms in total. The Morgan fingerprint density at radius 3 is 2.39 bits per heavy atom. The second-order valence-corrected chi connectivity index (χ2v) is 8.61. The van der Waals surface area contributed by atoms with Crippen molar-refractivity contribution in [2.24, 2.45) is 17.6 Å². The number of carbonyl (C=O) groups excluding carboxylic acids is 2. The topological polar surface area (TPSA) is 100 Å². The Labute approximate surface area is 184 Å². The van der Waals surface area contributed by atoms with Gasteiger partial charge in [0.2, 0.25) is 11.8 Å². The number of anilines is 3. The maximum Gasteiger partial charge on any atom is 0.229 e. The van der Waals surface area contributed by atoms with Crippen molar-refractivity contribution in [2.45, 2.75) is 46.6 Å². The molecule has 0 bridgehead atoms.